The molecule has 0 bridgehead atoms. The molecule has 0 fully saturated rings. The Morgan fingerprint density at radius 3 is 2.73 bits per heavy atom. The maximum atomic E-state index is 12.3. The lowest BCUT2D eigenvalue weighted by molar-refractivity contribution is -0.137. The minimum Gasteiger partial charge on any atom is -0.481 e. The normalized spacial score (nSPS) is 12.0. The molecule has 1 amide bonds. The van der Waals surface area contributed by atoms with Gasteiger partial charge in [-0.25, -0.2) is 4.98 Å². The Hall–Kier alpha value is -1.30. The van der Waals surface area contributed by atoms with Crippen molar-refractivity contribution in [3.8, 4) is 5.75 Å². The van der Waals surface area contributed by atoms with E-state index in [-0.39, 0.29) is 5.91 Å². The summed E-state index contributed by atoms with van der Waals surface area (Å²) in [6.07, 6.45) is -0.623. The van der Waals surface area contributed by atoms with Crippen LogP contribution in [0.2, 0.25) is 10.0 Å². The number of carbonyl (C=O) groups excluding carboxylic acids is 1. The smallest absolute Gasteiger partial charge is 0.263 e. The van der Waals surface area contributed by atoms with Gasteiger partial charge in [0.15, 0.2) is 6.10 Å². The highest BCUT2D eigenvalue weighted by Gasteiger charge is 2.20. The maximum Gasteiger partial charge on any atom is 0.263 e. The van der Waals surface area contributed by atoms with E-state index in [0.717, 1.165) is 10.7 Å². The summed E-state index contributed by atoms with van der Waals surface area (Å²) in [6.45, 7) is 4.10. The van der Waals surface area contributed by atoms with Gasteiger partial charge in [-0.2, -0.15) is 0 Å². The van der Waals surface area contributed by atoms with Crippen LogP contribution in [-0.2, 0) is 11.3 Å². The van der Waals surface area contributed by atoms with Crippen LogP contribution in [0.25, 0.3) is 0 Å². The third-order valence-corrected chi connectivity index (χ3v) is 4.56. The van der Waals surface area contributed by atoms with Crippen molar-refractivity contribution in [1.82, 2.24) is 9.88 Å². The lowest BCUT2D eigenvalue weighted by Crippen LogP contribution is -2.37. The van der Waals surface area contributed by atoms with E-state index in [1.54, 1.807) is 48.4 Å². The average Bonchev–Trinajstić information content (AvgIpc) is 2.87. The summed E-state index contributed by atoms with van der Waals surface area (Å²) in [5, 5.41) is 3.77. The summed E-state index contributed by atoms with van der Waals surface area (Å²) in [5.74, 6) is 0.380. The molecule has 4 nitrogen and oxygen atoms in total. The van der Waals surface area contributed by atoms with Gasteiger partial charge in [-0.1, -0.05) is 23.2 Å². The van der Waals surface area contributed by atoms with Crippen molar-refractivity contribution in [1.29, 1.82) is 0 Å². The number of aryl methyl sites for hydroxylation is 1. The highest BCUT2D eigenvalue weighted by molar-refractivity contribution is 7.09. The van der Waals surface area contributed by atoms with Gasteiger partial charge in [-0.3, -0.25) is 4.79 Å². The highest BCUT2D eigenvalue weighted by atomic mass is 35.5. The van der Waals surface area contributed by atoms with Crippen LogP contribution in [0, 0.1) is 6.92 Å². The van der Waals surface area contributed by atoms with Crippen molar-refractivity contribution in [2.45, 2.75) is 26.5 Å². The van der Waals surface area contributed by atoms with Crippen LogP contribution in [0.15, 0.2) is 23.6 Å². The molecule has 0 spiro atoms. The van der Waals surface area contributed by atoms with E-state index in [0.29, 0.717) is 22.3 Å². The molecule has 0 saturated carbocycles. The highest BCUT2D eigenvalue weighted by Crippen LogP contribution is 2.27. The molecule has 0 saturated heterocycles. The number of likely N-dealkylation sites (N-methyl/N-ethyl adjacent to an activating group) is 1. The van der Waals surface area contributed by atoms with Crippen molar-refractivity contribution in [3.63, 3.8) is 0 Å². The van der Waals surface area contributed by atoms with Crippen LogP contribution in [0.3, 0.4) is 0 Å². The molecule has 7 heteroatoms. The number of rotatable bonds is 5. The van der Waals surface area contributed by atoms with Crippen molar-refractivity contribution in [2.75, 3.05) is 7.05 Å². The Labute approximate surface area is 143 Å². The molecule has 0 aliphatic rings. The lowest BCUT2D eigenvalue weighted by Gasteiger charge is -2.21. The summed E-state index contributed by atoms with van der Waals surface area (Å²) < 4.78 is 5.62. The lowest BCUT2D eigenvalue weighted by atomic mass is 10.3. The first-order chi connectivity index (χ1) is 10.4. The molecule has 1 atom stereocenters. The van der Waals surface area contributed by atoms with Gasteiger partial charge >= 0.3 is 0 Å². The average molecular weight is 359 g/mol. The van der Waals surface area contributed by atoms with Crippen LogP contribution in [0.5, 0.6) is 5.75 Å². The zero-order valence-electron chi connectivity index (χ0n) is 12.5. The molecule has 0 aliphatic heterocycles. The predicted molar refractivity (Wildman–Crippen MR) is 89.9 cm³/mol. The van der Waals surface area contributed by atoms with E-state index in [4.69, 9.17) is 27.9 Å². The van der Waals surface area contributed by atoms with Gasteiger partial charge in [-0.15, -0.1) is 11.3 Å². The minimum atomic E-state index is -0.623. The van der Waals surface area contributed by atoms with Crippen LogP contribution >= 0.6 is 34.5 Å². The van der Waals surface area contributed by atoms with Crippen molar-refractivity contribution < 1.29 is 9.53 Å². The third kappa shape index (κ3) is 4.35. The Morgan fingerprint density at radius 1 is 1.41 bits per heavy atom. The number of halogens is 2. The second-order valence-corrected chi connectivity index (χ2v) is 6.76. The number of benzene rings is 1. The largest absolute Gasteiger partial charge is 0.481 e. The third-order valence-electron chi connectivity index (χ3n) is 2.99. The topological polar surface area (TPSA) is 42.4 Å². The number of thiazole rings is 1. The molecule has 1 unspecified atom stereocenters. The number of carbonyl (C=O) groups is 1. The van der Waals surface area contributed by atoms with Gasteiger partial charge in [0.1, 0.15) is 5.75 Å². The van der Waals surface area contributed by atoms with Crippen LogP contribution < -0.4 is 4.74 Å². The molecule has 2 aromatic rings. The number of hydrogen-bond acceptors (Lipinski definition) is 4. The summed E-state index contributed by atoms with van der Waals surface area (Å²) in [6, 6.07) is 4.91. The van der Waals surface area contributed by atoms with E-state index in [1.165, 1.54) is 0 Å². The van der Waals surface area contributed by atoms with Crippen LogP contribution in [0.1, 0.15) is 17.6 Å². The van der Waals surface area contributed by atoms with E-state index in [9.17, 15) is 4.79 Å². The quantitative estimate of drug-likeness (QED) is 0.804. The first-order valence-electron chi connectivity index (χ1n) is 6.64. The number of amides is 1. The van der Waals surface area contributed by atoms with Crippen molar-refractivity contribution in [2.24, 2.45) is 0 Å². The molecular weight excluding hydrogens is 343 g/mol. The second kappa shape index (κ2) is 7.31. The molecule has 0 radical (unpaired) electrons. The number of aromatic nitrogens is 1. The standard InChI is InChI=1S/C15H16Cl2N2O2S/c1-9(21-12-4-5-13(16)14(17)6-12)15(20)19(3)7-11-8-22-10(2)18-11/h4-6,8-9H,7H2,1-3H3. The van der Waals surface area contributed by atoms with Crippen LogP contribution in [0.4, 0.5) is 0 Å². The molecule has 2 rings (SSSR count). The van der Waals surface area contributed by atoms with Crippen molar-refractivity contribution in [3.05, 3.63) is 44.3 Å². The zero-order chi connectivity index (χ0) is 16.3. The summed E-state index contributed by atoms with van der Waals surface area (Å²) in [7, 11) is 1.73. The molecule has 0 aliphatic carbocycles. The molecule has 118 valence electrons. The van der Waals surface area contributed by atoms with Crippen LogP contribution in [-0.4, -0.2) is 28.9 Å². The summed E-state index contributed by atoms with van der Waals surface area (Å²) in [5.41, 5.74) is 0.875. The molecule has 0 N–H and O–H groups in total. The Balaban J connectivity index is 1.97. The maximum absolute atomic E-state index is 12.3. The molecule has 22 heavy (non-hydrogen) atoms. The Kier molecular flexibility index (Phi) is 5.67. The fourth-order valence-electron chi connectivity index (χ4n) is 1.92. The van der Waals surface area contributed by atoms with E-state index < -0.39 is 6.10 Å². The SMILES string of the molecule is Cc1nc(CN(C)C(=O)C(C)Oc2ccc(Cl)c(Cl)c2)cs1. The molecular formula is C15H16Cl2N2O2S. The van der Waals surface area contributed by atoms with Gasteiger partial charge in [0.25, 0.3) is 5.91 Å². The first-order valence-corrected chi connectivity index (χ1v) is 8.28. The number of ether oxygens (including phenoxy) is 1. The van der Waals surface area contributed by atoms with Gasteiger partial charge < -0.3 is 9.64 Å². The summed E-state index contributed by atoms with van der Waals surface area (Å²) >= 11 is 13.4. The summed E-state index contributed by atoms with van der Waals surface area (Å²) in [4.78, 5) is 18.3. The zero-order valence-corrected chi connectivity index (χ0v) is 14.8. The Bertz CT molecular complexity index is 675. The molecule has 1 heterocycles. The minimum absolute atomic E-state index is 0.128. The van der Waals surface area contributed by atoms with Gasteiger partial charge in [0, 0.05) is 18.5 Å². The van der Waals surface area contributed by atoms with Gasteiger partial charge in [0.2, 0.25) is 0 Å². The van der Waals surface area contributed by atoms with Gasteiger partial charge in [0.05, 0.1) is 27.3 Å². The number of hydrogen-bond donors (Lipinski definition) is 0. The van der Waals surface area contributed by atoms with E-state index >= 15 is 0 Å². The Morgan fingerprint density at radius 2 is 2.14 bits per heavy atom. The molecule has 1 aromatic heterocycles. The first kappa shape index (κ1) is 17.1. The fraction of sp³-hybridized carbons (Fsp3) is 0.333. The predicted octanol–water partition coefficient (Wildman–Crippen LogP) is 4.18. The second-order valence-electron chi connectivity index (χ2n) is 4.89. The van der Waals surface area contributed by atoms with Crippen molar-refractivity contribution >= 4 is 40.4 Å². The van der Waals surface area contributed by atoms with E-state index in [1.807, 2.05) is 12.3 Å². The number of nitrogens with zero attached hydrogens (tertiary/aromatic N) is 2. The fourth-order valence-corrected chi connectivity index (χ4v) is 2.81. The van der Waals surface area contributed by atoms with E-state index in [2.05, 4.69) is 4.98 Å². The van der Waals surface area contributed by atoms with Gasteiger partial charge in [-0.05, 0) is 26.0 Å². The monoisotopic (exact) mass is 358 g/mol. The molecule has 1 aromatic carbocycles.